The van der Waals surface area contributed by atoms with E-state index in [4.69, 9.17) is 0 Å². The van der Waals surface area contributed by atoms with Crippen molar-refractivity contribution in [3.63, 3.8) is 0 Å². The second-order valence-electron chi connectivity index (χ2n) is 5.10. The lowest BCUT2D eigenvalue weighted by Gasteiger charge is -2.10. The number of carbonyl (C=O) groups is 1. The third kappa shape index (κ3) is 4.59. The van der Waals surface area contributed by atoms with E-state index in [-0.39, 0.29) is 11.8 Å². The molecule has 0 bridgehead atoms. The van der Waals surface area contributed by atoms with Crippen molar-refractivity contribution < 1.29 is 4.79 Å². The Morgan fingerprint density at radius 2 is 1.94 bits per heavy atom. The first-order valence-corrected chi connectivity index (χ1v) is 6.37. The molecule has 1 aromatic carbocycles. The summed E-state index contributed by atoms with van der Waals surface area (Å²) in [6.45, 7) is 8.93. The van der Waals surface area contributed by atoms with Crippen LogP contribution in [0.25, 0.3) is 0 Å². The van der Waals surface area contributed by atoms with E-state index in [0.717, 1.165) is 13.0 Å². The van der Waals surface area contributed by atoms with Crippen molar-refractivity contribution in [1.29, 1.82) is 0 Å². The van der Waals surface area contributed by atoms with Crippen molar-refractivity contribution in [3.8, 4) is 0 Å². The summed E-state index contributed by atoms with van der Waals surface area (Å²) in [5.41, 5.74) is 2.65. The van der Waals surface area contributed by atoms with E-state index in [2.05, 4.69) is 43.4 Å². The van der Waals surface area contributed by atoms with Crippen molar-refractivity contribution in [3.05, 3.63) is 35.4 Å². The molecule has 0 unspecified atom stereocenters. The monoisotopic (exact) mass is 233 g/mol. The molecule has 1 amide bonds. The van der Waals surface area contributed by atoms with Crippen molar-refractivity contribution in [2.75, 3.05) is 6.54 Å². The van der Waals surface area contributed by atoms with Crippen LogP contribution in [0.5, 0.6) is 0 Å². The van der Waals surface area contributed by atoms with Gasteiger partial charge in [-0.3, -0.25) is 4.79 Å². The highest BCUT2D eigenvalue weighted by atomic mass is 16.1. The summed E-state index contributed by atoms with van der Waals surface area (Å²) in [4.78, 5) is 11.4. The fourth-order valence-electron chi connectivity index (χ4n) is 1.64. The molecular weight excluding hydrogens is 210 g/mol. The molecule has 2 nitrogen and oxygen atoms in total. The lowest BCUT2D eigenvalue weighted by atomic mass is 10.00. The van der Waals surface area contributed by atoms with Crippen LogP contribution >= 0.6 is 0 Å². The highest BCUT2D eigenvalue weighted by Crippen LogP contribution is 2.15. The minimum absolute atomic E-state index is 0.0667. The molecule has 17 heavy (non-hydrogen) atoms. The Morgan fingerprint density at radius 3 is 2.53 bits per heavy atom. The maximum Gasteiger partial charge on any atom is 0.222 e. The van der Waals surface area contributed by atoms with E-state index < -0.39 is 0 Å². The van der Waals surface area contributed by atoms with Crippen LogP contribution in [0.1, 0.15) is 44.7 Å². The molecule has 0 atom stereocenters. The Morgan fingerprint density at radius 1 is 1.24 bits per heavy atom. The average molecular weight is 233 g/mol. The number of amides is 1. The summed E-state index contributed by atoms with van der Waals surface area (Å²) in [5, 5.41) is 2.94. The largest absolute Gasteiger partial charge is 0.356 e. The van der Waals surface area contributed by atoms with E-state index in [1.165, 1.54) is 11.1 Å². The standard InChI is InChI=1S/C15H23NO/c1-11(2)14-7-5-6-13(10-14)8-9-16-15(17)12(3)4/h5-7,10-12H,8-9H2,1-4H3,(H,16,17). The van der Waals surface area contributed by atoms with Gasteiger partial charge < -0.3 is 5.32 Å². The molecular formula is C15H23NO. The molecule has 0 radical (unpaired) electrons. The van der Waals surface area contributed by atoms with E-state index >= 15 is 0 Å². The molecule has 0 saturated carbocycles. The molecule has 0 aromatic heterocycles. The SMILES string of the molecule is CC(C)C(=O)NCCc1cccc(C(C)C)c1. The third-order valence-corrected chi connectivity index (χ3v) is 2.85. The zero-order valence-corrected chi connectivity index (χ0v) is 11.3. The van der Waals surface area contributed by atoms with Crippen LogP contribution < -0.4 is 5.32 Å². The zero-order valence-electron chi connectivity index (χ0n) is 11.3. The molecule has 0 aliphatic rings. The van der Waals surface area contributed by atoms with Crippen LogP contribution in [0, 0.1) is 5.92 Å². The summed E-state index contributed by atoms with van der Waals surface area (Å²) in [7, 11) is 0. The molecule has 2 heteroatoms. The van der Waals surface area contributed by atoms with E-state index in [1.807, 2.05) is 13.8 Å². The highest BCUT2D eigenvalue weighted by molar-refractivity contribution is 5.77. The van der Waals surface area contributed by atoms with Crippen molar-refractivity contribution in [1.82, 2.24) is 5.32 Å². The second-order valence-corrected chi connectivity index (χ2v) is 5.10. The molecule has 0 aliphatic heterocycles. The van der Waals surface area contributed by atoms with Crippen LogP contribution in [-0.2, 0) is 11.2 Å². The maximum absolute atomic E-state index is 11.4. The van der Waals surface area contributed by atoms with Gasteiger partial charge in [0, 0.05) is 12.5 Å². The van der Waals surface area contributed by atoms with Gasteiger partial charge in [0.15, 0.2) is 0 Å². The highest BCUT2D eigenvalue weighted by Gasteiger charge is 2.05. The first kappa shape index (κ1) is 13.8. The summed E-state index contributed by atoms with van der Waals surface area (Å²) in [6.07, 6.45) is 0.902. The fourth-order valence-corrected chi connectivity index (χ4v) is 1.64. The van der Waals surface area contributed by atoms with Gasteiger partial charge in [0.05, 0.1) is 0 Å². The minimum Gasteiger partial charge on any atom is -0.356 e. The Kier molecular flexibility index (Phi) is 5.20. The summed E-state index contributed by atoms with van der Waals surface area (Å²) in [5.74, 6) is 0.752. The van der Waals surface area contributed by atoms with Crippen LogP contribution in [0.3, 0.4) is 0 Å². The maximum atomic E-state index is 11.4. The topological polar surface area (TPSA) is 29.1 Å². The zero-order chi connectivity index (χ0) is 12.8. The Balaban J connectivity index is 2.47. The lowest BCUT2D eigenvalue weighted by molar-refractivity contribution is -0.123. The van der Waals surface area contributed by atoms with Gasteiger partial charge in [0.25, 0.3) is 0 Å². The molecule has 0 fully saturated rings. The van der Waals surface area contributed by atoms with Gasteiger partial charge in [-0.25, -0.2) is 0 Å². The van der Waals surface area contributed by atoms with Crippen LogP contribution in [0.15, 0.2) is 24.3 Å². The Labute approximate surface area is 104 Å². The molecule has 1 rings (SSSR count). The lowest BCUT2D eigenvalue weighted by Crippen LogP contribution is -2.29. The van der Waals surface area contributed by atoms with Crippen LogP contribution in [-0.4, -0.2) is 12.5 Å². The number of benzene rings is 1. The predicted molar refractivity (Wildman–Crippen MR) is 72.1 cm³/mol. The van der Waals surface area contributed by atoms with E-state index in [1.54, 1.807) is 0 Å². The number of carbonyl (C=O) groups excluding carboxylic acids is 1. The summed E-state index contributed by atoms with van der Waals surface area (Å²) < 4.78 is 0. The predicted octanol–water partition coefficient (Wildman–Crippen LogP) is 3.12. The van der Waals surface area contributed by atoms with E-state index in [9.17, 15) is 4.79 Å². The first-order chi connectivity index (χ1) is 8.00. The summed E-state index contributed by atoms with van der Waals surface area (Å²) >= 11 is 0. The third-order valence-electron chi connectivity index (χ3n) is 2.85. The Hall–Kier alpha value is -1.31. The molecule has 0 aliphatic carbocycles. The molecule has 1 aromatic rings. The number of rotatable bonds is 5. The van der Waals surface area contributed by atoms with Crippen molar-refractivity contribution in [2.45, 2.75) is 40.0 Å². The fraction of sp³-hybridized carbons (Fsp3) is 0.533. The average Bonchev–Trinajstić information content (AvgIpc) is 2.29. The Bertz CT molecular complexity index is 369. The van der Waals surface area contributed by atoms with Crippen LogP contribution in [0.4, 0.5) is 0 Å². The first-order valence-electron chi connectivity index (χ1n) is 6.37. The van der Waals surface area contributed by atoms with Gasteiger partial charge in [-0.15, -0.1) is 0 Å². The normalized spacial score (nSPS) is 10.9. The van der Waals surface area contributed by atoms with E-state index in [0.29, 0.717) is 5.92 Å². The second kappa shape index (κ2) is 6.43. The van der Waals surface area contributed by atoms with Crippen molar-refractivity contribution >= 4 is 5.91 Å². The number of hydrogen-bond donors (Lipinski definition) is 1. The van der Waals surface area contributed by atoms with Gasteiger partial charge in [-0.05, 0) is 23.5 Å². The number of hydrogen-bond acceptors (Lipinski definition) is 1. The molecule has 1 N–H and O–H groups in total. The number of nitrogens with one attached hydrogen (secondary N) is 1. The van der Waals surface area contributed by atoms with Gasteiger partial charge in [-0.1, -0.05) is 52.0 Å². The van der Waals surface area contributed by atoms with Crippen LogP contribution in [0.2, 0.25) is 0 Å². The van der Waals surface area contributed by atoms with Gasteiger partial charge in [0.1, 0.15) is 0 Å². The quantitative estimate of drug-likeness (QED) is 0.831. The van der Waals surface area contributed by atoms with Gasteiger partial charge in [0.2, 0.25) is 5.91 Å². The summed E-state index contributed by atoms with van der Waals surface area (Å²) in [6, 6.07) is 8.59. The smallest absolute Gasteiger partial charge is 0.222 e. The molecule has 94 valence electrons. The molecule has 0 saturated heterocycles. The minimum atomic E-state index is 0.0667. The van der Waals surface area contributed by atoms with Crippen molar-refractivity contribution in [2.24, 2.45) is 5.92 Å². The molecule has 0 heterocycles. The molecule has 0 spiro atoms. The van der Waals surface area contributed by atoms with Gasteiger partial charge in [-0.2, -0.15) is 0 Å². The van der Waals surface area contributed by atoms with Gasteiger partial charge >= 0.3 is 0 Å².